The molecule has 6 heteroatoms. The number of nitrogens with zero attached hydrogens (tertiary/aromatic N) is 1. The molecule has 1 aromatic carbocycles. The number of aliphatic carboxylic acids is 1. The quantitative estimate of drug-likeness (QED) is 0.759. The molecule has 1 heterocycles. The van der Waals surface area contributed by atoms with Crippen molar-refractivity contribution in [2.24, 2.45) is 0 Å². The van der Waals surface area contributed by atoms with Crippen molar-refractivity contribution in [1.82, 2.24) is 10.2 Å². The predicted octanol–water partition coefficient (Wildman–Crippen LogP) is 2.29. The third-order valence-corrected chi connectivity index (χ3v) is 4.04. The maximum absolute atomic E-state index is 11.9. The van der Waals surface area contributed by atoms with Crippen LogP contribution in [0.5, 0.6) is 11.5 Å². The second-order valence-electron chi connectivity index (χ2n) is 6.08. The minimum absolute atomic E-state index is 0.277. The number of hydrogen-bond acceptors (Lipinski definition) is 5. The van der Waals surface area contributed by atoms with Gasteiger partial charge in [0, 0.05) is 25.7 Å². The van der Waals surface area contributed by atoms with Gasteiger partial charge in [-0.3, -0.25) is 9.69 Å². The first-order valence-electron chi connectivity index (χ1n) is 8.66. The van der Waals surface area contributed by atoms with Crippen LogP contribution in [-0.2, 0) is 4.79 Å². The molecule has 134 valence electrons. The Labute approximate surface area is 143 Å². The second kappa shape index (κ2) is 8.89. The first-order valence-corrected chi connectivity index (χ1v) is 8.66. The summed E-state index contributed by atoms with van der Waals surface area (Å²) < 4.78 is 11.4. The smallest absolute Gasteiger partial charge is 0.325 e. The van der Waals surface area contributed by atoms with E-state index in [-0.39, 0.29) is 6.04 Å². The van der Waals surface area contributed by atoms with Gasteiger partial charge in [-0.25, -0.2) is 0 Å². The van der Waals surface area contributed by atoms with Crippen molar-refractivity contribution < 1.29 is 19.4 Å². The molecule has 2 unspecified atom stereocenters. The number of carboxylic acids is 1. The molecule has 2 N–H and O–H groups in total. The monoisotopic (exact) mass is 336 g/mol. The van der Waals surface area contributed by atoms with Gasteiger partial charge in [-0.15, -0.1) is 0 Å². The molecule has 0 saturated carbocycles. The van der Waals surface area contributed by atoms with Crippen molar-refractivity contribution in [3.05, 3.63) is 23.8 Å². The molecule has 0 radical (unpaired) electrons. The molecule has 6 nitrogen and oxygen atoms in total. The Bertz CT molecular complexity index is 550. The predicted molar refractivity (Wildman–Crippen MR) is 92.8 cm³/mol. The summed E-state index contributed by atoms with van der Waals surface area (Å²) in [5.41, 5.74) is 0.726. The van der Waals surface area contributed by atoms with Crippen molar-refractivity contribution >= 4 is 5.97 Å². The van der Waals surface area contributed by atoms with Crippen LogP contribution in [0.15, 0.2) is 18.2 Å². The molecule has 2 rings (SSSR count). The van der Waals surface area contributed by atoms with Gasteiger partial charge >= 0.3 is 5.97 Å². The molecule has 1 fully saturated rings. The molecule has 1 aliphatic heterocycles. The molecule has 0 aliphatic carbocycles. The average Bonchev–Trinajstić information content (AvgIpc) is 2.54. The fourth-order valence-electron chi connectivity index (χ4n) is 3.00. The molecule has 2 atom stereocenters. The summed E-state index contributed by atoms with van der Waals surface area (Å²) in [5, 5.41) is 13.1. The standard InChI is InChI=1S/C18H28N2O4/c1-4-10-24-15-7-6-14(11-16(15)23-5-2)17(18(21)22)20-9-8-19-13(3)12-20/h6-7,11,13,17,19H,4-5,8-10,12H2,1-3H3,(H,21,22). The van der Waals surface area contributed by atoms with Crippen molar-refractivity contribution in [3.63, 3.8) is 0 Å². The maximum Gasteiger partial charge on any atom is 0.325 e. The van der Waals surface area contributed by atoms with Crippen molar-refractivity contribution in [1.29, 1.82) is 0 Å². The van der Waals surface area contributed by atoms with Gasteiger partial charge in [-0.2, -0.15) is 0 Å². The number of carboxylic acid groups (broad SMARTS) is 1. The zero-order valence-corrected chi connectivity index (χ0v) is 14.7. The lowest BCUT2D eigenvalue weighted by atomic mass is 10.0. The Balaban J connectivity index is 2.28. The van der Waals surface area contributed by atoms with E-state index in [4.69, 9.17) is 9.47 Å². The zero-order chi connectivity index (χ0) is 17.5. The summed E-state index contributed by atoms with van der Waals surface area (Å²) in [5.74, 6) is 0.437. The highest BCUT2D eigenvalue weighted by Crippen LogP contribution is 2.33. The summed E-state index contributed by atoms with van der Waals surface area (Å²) >= 11 is 0. The summed E-state index contributed by atoms with van der Waals surface area (Å²) in [6, 6.07) is 5.06. The van der Waals surface area contributed by atoms with Crippen LogP contribution in [0.2, 0.25) is 0 Å². The number of piperazine rings is 1. The minimum Gasteiger partial charge on any atom is -0.490 e. The van der Waals surface area contributed by atoms with Crippen LogP contribution in [0.1, 0.15) is 38.8 Å². The van der Waals surface area contributed by atoms with Crippen LogP contribution in [0.3, 0.4) is 0 Å². The fraction of sp³-hybridized carbons (Fsp3) is 0.611. The summed E-state index contributed by atoms with van der Waals surface area (Å²) in [7, 11) is 0. The van der Waals surface area contributed by atoms with Crippen molar-refractivity contribution in [2.75, 3.05) is 32.8 Å². The van der Waals surface area contributed by atoms with Gasteiger partial charge in [0.25, 0.3) is 0 Å². The molecular formula is C18H28N2O4. The van der Waals surface area contributed by atoms with E-state index in [9.17, 15) is 9.90 Å². The van der Waals surface area contributed by atoms with Gasteiger partial charge in [0.2, 0.25) is 0 Å². The lowest BCUT2D eigenvalue weighted by molar-refractivity contribution is -0.144. The molecule has 0 amide bonds. The Kier molecular flexibility index (Phi) is 6.87. The van der Waals surface area contributed by atoms with Gasteiger partial charge in [0.05, 0.1) is 13.2 Å². The molecule has 0 spiro atoms. The van der Waals surface area contributed by atoms with Crippen LogP contribution in [0.4, 0.5) is 0 Å². The lowest BCUT2D eigenvalue weighted by Crippen LogP contribution is -2.51. The summed E-state index contributed by atoms with van der Waals surface area (Å²) in [6.45, 7) is 9.34. The van der Waals surface area contributed by atoms with Crippen LogP contribution in [0.25, 0.3) is 0 Å². The lowest BCUT2D eigenvalue weighted by Gasteiger charge is -2.36. The van der Waals surface area contributed by atoms with E-state index in [1.165, 1.54) is 0 Å². The van der Waals surface area contributed by atoms with E-state index in [0.29, 0.717) is 37.8 Å². The van der Waals surface area contributed by atoms with E-state index < -0.39 is 12.0 Å². The normalized spacial score (nSPS) is 19.7. The Morgan fingerprint density at radius 1 is 1.38 bits per heavy atom. The number of ether oxygens (including phenoxy) is 2. The molecule has 1 saturated heterocycles. The van der Waals surface area contributed by atoms with Gasteiger partial charge in [-0.05, 0) is 38.0 Å². The zero-order valence-electron chi connectivity index (χ0n) is 14.7. The largest absolute Gasteiger partial charge is 0.490 e. The molecular weight excluding hydrogens is 308 g/mol. The van der Waals surface area contributed by atoms with Crippen LogP contribution < -0.4 is 14.8 Å². The number of rotatable bonds is 8. The molecule has 0 bridgehead atoms. The van der Waals surface area contributed by atoms with Gasteiger partial charge in [0.1, 0.15) is 6.04 Å². The van der Waals surface area contributed by atoms with Gasteiger partial charge in [-0.1, -0.05) is 13.0 Å². The highest BCUT2D eigenvalue weighted by molar-refractivity contribution is 5.76. The fourth-order valence-corrected chi connectivity index (χ4v) is 3.00. The number of nitrogens with one attached hydrogen (secondary N) is 1. The average molecular weight is 336 g/mol. The van der Waals surface area contributed by atoms with E-state index in [0.717, 1.165) is 18.5 Å². The highest BCUT2D eigenvalue weighted by Gasteiger charge is 2.31. The van der Waals surface area contributed by atoms with Crippen LogP contribution >= 0.6 is 0 Å². The van der Waals surface area contributed by atoms with Crippen LogP contribution in [-0.4, -0.2) is 54.9 Å². The van der Waals surface area contributed by atoms with Crippen molar-refractivity contribution in [2.45, 2.75) is 39.3 Å². The number of benzene rings is 1. The number of hydrogen-bond donors (Lipinski definition) is 2. The summed E-state index contributed by atoms with van der Waals surface area (Å²) in [6.07, 6.45) is 0.906. The van der Waals surface area contributed by atoms with Crippen LogP contribution in [0, 0.1) is 0 Å². The first-order chi connectivity index (χ1) is 11.6. The van der Waals surface area contributed by atoms with E-state index in [1.54, 1.807) is 6.07 Å². The van der Waals surface area contributed by atoms with E-state index in [1.807, 2.05) is 30.9 Å². The molecule has 0 aromatic heterocycles. The molecule has 1 aliphatic rings. The van der Waals surface area contributed by atoms with Gasteiger partial charge < -0.3 is 19.9 Å². The maximum atomic E-state index is 11.9. The van der Waals surface area contributed by atoms with E-state index >= 15 is 0 Å². The van der Waals surface area contributed by atoms with E-state index in [2.05, 4.69) is 12.2 Å². The first kappa shape index (κ1) is 18.5. The van der Waals surface area contributed by atoms with Gasteiger partial charge in [0.15, 0.2) is 11.5 Å². The van der Waals surface area contributed by atoms with Crippen molar-refractivity contribution in [3.8, 4) is 11.5 Å². The third-order valence-electron chi connectivity index (χ3n) is 4.04. The minimum atomic E-state index is -0.839. The Hall–Kier alpha value is -1.79. The number of carbonyl (C=O) groups is 1. The summed E-state index contributed by atoms with van der Waals surface area (Å²) in [4.78, 5) is 13.9. The Morgan fingerprint density at radius 2 is 2.17 bits per heavy atom. The molecule has 24 heavy (non-hydrogen) atoms. The molecule has 1 aromatic rings. The highest BCUT2D eigenvalue weighted by atomic mass is 16.5. The second-order valence-corrected chi connectivity index (χ2v) is 6.08. The topological polar surface area (TPSA) is 71.0 Å². The Morgan fingerprint density at radius 3 is 2.79 bits per heavy atom. The SMILES string of the molecule is CCCOc1ccc(C(C(=O)O)N2CCNC(C)C2)cc1OCC. The third kappa shape index (κ3) is 4.61.